The quantitative estimate of drug-likeness (QED) is 0.386. The Balaban J connectivity index is 2.21. The Labute approximate surface area is 200 Å². The molecule has 0 aromatic heterocycles. The lowest BCUT2D eigenvalue weighted by Gasteiger charge is -2.53. The fourth-order valence-corrected chi connectivity index (χ4v) is 5.12. The molecule has 1 aliphatic heterocycles. The van der Waals surface area contributed by atoms with Crippen LogP contribution >= 0.6 is 12.2 Å². The summed E-state index contributed by atoms with van der Waals surface area (Å²) in [6.45, 7) is 12.3. The summed E-state index contributed by atoms with van der Waals surface area (Å²) >= 11 is 5.29. The van der Waals surface area contributed by atoms with Gasteiger partial charge in [0.05, 0.1) is 11.5 Å². The van der Waals surface area contributed by atoms with Crippen molar-refractivity contribution in [3.05, 3.63) is 35.9 Å². The number of nitrogens with one attached hydrogen (secondary N) is 3. The van der Waals surface area contributed by atoms with Gasteiger partial charge >= 0.3 is 11.9 Å². The number of benzene rings is 1. The van der Waals surface area contributed by atoms with Gasteiger partial charge in [0.25, 0.3) is 0 Å². The molecular formula is C24H35N3O5S. The van der Waals surface area contributed by atoms with Crippen LogP contribution in [0.15, 0.2) is 30.3 Å². The van der Waals surface area contributed by atoms with E-state index in [0.29, 0.717) is 10.7 Å². The second kappa shape index (κ2) is 8.52. The summed E-state index contributed by atoms with van der Waals surface area (Å²) in [6, 6.07) is 9.21. The van der Waals surface area contributed by atoms with E-state index in [1.807, 2.05) is 30.3 Å². The fourth-order valence-electron chi connectivity index (χ4n) is 4.89. The number of thiocarbonyl (C=S) groups is 1. The number of aliphatic hydroxyl groups is 1. The Morgan fingerprint density at radius 1 is 1.00 bits per heavy atom. The lowest BCUT2D eigenvalue weighted by molar-refractivity contribution is -0.190. The summed E-state index contributed by atoms with van der Waals surface area (Å²) in [7, 11) is 0. The molecule has 1 aliphatic carbocycles. The Morgan fingerprint density at radius 2 is 1.52 bits per heavy atom. The van der Waals surface area contributed by atoms with Gasteiger partial charge in [-0.15, -0.1) is 0 Å². The van der Waals surface area contributed by atoms with Crippen molar-refractivity contribution in [3.63, 3.8) is 0 Å². The van der Waals surface area contributed by atoms with E-state index in [2.05, 4.69) is 16.2 Å². The second-order valence-corrected chi connectivity index (χ2v) is 11.6. The van der Waals surface area contributed by atoms with Crippen molar-refractivity contribution in [2.75, 3.05) is 0 Å². The topological polar surface area (TPSA) is 109 Å². The van der Waals surface area contributed by atoms with Crippen LogP contribution in [-0.4, -0.2) is 44.6 Å². The number of hydrazine groups is 1. The van der Waals surface area contributed by atoms with Gasteiger partial charge in [-0.05, 0) is 66.2 Å². The maximum atomic E-state index is 13.7. The number of hydrogen-bond donors (Lipinski definition) is 4. The summed E-state index contributed by atoms with van der Waals surface area (Å²) in [5.41, 5.74) is 2.41. The summed E-state index contributed by atoms with van der Waals surface area (Å²) in [5, 5.41) is 15.1. The van der Waals surface area contributed by atoms with E-state index in [0.717, 1.165) is 0 Å². The first-order valence-electron chi connectivity index (χ1n) is 11.1. The number of rotatable bonds is 3. The molecule has 182 valence electrons. The van der Waals surface area contributed by atoms with Crippen molar-refractivity contribution in [1.29, 1.82) is 0 Å². The number of carbonyl (C=O) groups excluding carboxylic acids is 2. The fraction of sp³-hybridized carbons (Fsp3) is 0.625. The first-order chi connectivity index (χ1) is 15.0. The maximum absolute atomic E-state index is 13.7. The standard InChI is InChI=1S/C24H35N3O5S/c1-21(2,3)31-18(28)16-15(14-11-9-8-10-12-14)17(19(29)32-22(4,5)6)24(13-23(16,7)30)25-20(33)26-27-24/h8-12,15-17,27,30H,13H2,1-7H3,(H2,25,26,33)/t15-,16-,17+,23-,24+/m1/s1. The summed E-state index contributed by atoms with van der Waals surface area (Å²) in [4.78, 5) is 27.2. The lowest BCUT2D eigenvalue weighted by atomic mass is 9.58. The van der Waals surface area contributed by atoms with Gasteiger partial charge in [-0.3, -0.25) is 15.0 Å². The van der Waals surface area contributed by atoms with E-state index >= 15 is 0 Å². The Hall–Kier alpha value is -2.23. The van der Waals surface area contributed by atoms with Gasteiger partial charge in [-0.2, -0.15) is 0 Å². The van der Waals surface area contributed by atoms with Crippen LogP contribution in [0.2, 0.25) is 0 Å². The molecule has 1 heterocycles. The monoisotopic (exact) mass is 477 g/mol. The van der Waals surface area contributed by atoms with Crippen molar-refractivity contribution in [2.24, 2.45) is 11.8 Å². The summed E-state index contributed by atoms with van der Waals surface area (Å²) in [5.74, 6) is -3.78. The first-order valence-corrected chi connectivity index (χ1v) is 11.5. The molecule has 3 rings (SSSR count). The highest BCUT2D eigenvalue weighted by Gasteiger charge is 2.65. The van der Waals surface area contributed by atoms with Crippen molar-refractivity contribution in [2.45, 2.75) is 83.3 Å². The highest BCUT2D eigenvalue weighted by molar-refractivity contribution is 7.80. The normalized spacial score (nSPS) is 32.1. The first kappa shape index (κ1) is 25.4. The molecule has 1 saturated carbocycles. The molecule has 1 aromatic rings. The molecule has 2 aliphatic rings. The van der Waals surface area contributed by atoms with Crippen LogP contribution in [0.3, 0.4) is 0 Å². The molecule has 2 fully saturated rings. The zero-order valence-corrected chi connectivity index (χ0v) is 21.1. The minimum absolute atomic E-state index is 0.00426. The number of esters is 2. The molecular weight excluding hydrogens is 442 g/mol. The number of hydrogen-bond acceptors (Lipinski definition) is 7. The van der Waals surface area contributed by atoms with Gasteiger partial charge in [0.2, 0.25) is 0 Å². The van der Waals surface area contributed by atoms with E-state index in [4.69, 9.17) is 21.7 Å². The molecule has 0 radical (unpaired) electrons. The van der Waals surface area contributed by atoms with Gasteiger partial charge in [-0.25, -0.2) is 5.43 Å². The van der Waals surface area contributed by atoms with Crippen LogP contribution in [0.4, 0.5) is 0 Å². The highest BCUT2D eigenvalue weighted by Crippen LogP contribution is 2.52. The van der Waals surface area contributed by atoms with Gasteiger partial charge in [0, 0.05) is 12.3 Å². The van der Waals surface area contributed by atoms with E-state index in [1.54, 1.807) is 48.5 Å². The van der Waals surface area contributed by atoms with E-state index in [1.165, 1.54) is 0 Å². The molecule has 33 heavy (non-hydrogen) atoms. The summed E-state index contributed by atoms with van der Waals surface area (Å²) in [6.07, 6.45) is 0.00426. The minimum Gasteiger partial charge on any atom is -0.460 e. The van der Waals surface area contributed by atoms with Gasteiger partial charge in [0.1, 0.15) is 22.8 Å². The average molecular weight is 478 g/mol. The van der Waals surface area contributed by atoms with Crippen LogP contribution in [-0.2, 0) is 19.1 Å². The number of carbonyl (C=O) groups is 2. The highest BCUT2D eigenvalue weighted by atomic mass is 32.1. The zero-order chi connectivity index (χ0) is 24.8. The van der Waals surface area contributed by atoms with Gasteiger partial charge in [0.15, 0.2) is 5.11 Å². The number of ether oxygens (including phenoxy) is 2. The summed E-state index contributed by atoms with van der Waals surface area (Å²) < 4.78 is 11.6. The predicted octanol–water partition coefficient (Wildman–Crippen LogP) is 2.52. The zero-order valence-electron chi connectivity index (χ0n) is 20.3. The van der Waals surface area contributed by atoms with Crippen molar-refractivity contribution in [3.8, 4) is 0 Å². The average Bonchev–Trinajstić information content (AvgIpc) is 2.98. The third kappa shape index (κ3) is 5.47. The van der Waals surface area contributed by atoms with Crippen LogP contribution < -0.4 is 16.2 Å². The molecule has 1 aromatic carbocycles. The molecule has 4 N–H and O–H groups in total. The molecule has 0 bridgehead atoms. The lowest BCUT2D eigenvalue weighted by Crippen LogP contribution is -2.70. The van der Waals surface area contributed by atoms with Crippen LogP contribution in [0.1, 0.15) is 66.4 Å². The van der Waals surface area contributed by atoms with Crippen LogP contribution in [0.25, 0.3) is 0 Å². The van der Waals surface area contributed by atoms with Crippen molar-refractivity contribution >= 4 is 29.3 Å². The van der Waals surface area contributed by atoms with E-state index in [9.17, 15) is 14.7 Å². The largest absolute Gasteiger partial charge is 0.460 e. The molecule has 1 saturated heterocycles. The molecule has 0 unspecified atom stereocenters. The predicted molar refractivity (Wildman–Crippen MR) is 128 cm³/mol. The molecule has 1 spiro atoms. The van der Waals surface area contributed by atoms with Crippen molar-refractivity contribution < 1.29 is 24.2 Å². The minimum atomic E-state index is -1.54. The smallest absolute Gasteiger partial charge is 0.313 e. The third-order valence-corrected chi connectivity index (χ3v) is 6.00. The maximum Gasteiger partial charge on any atom is 0.313 e. The Morgan fingerprint density at radius 3 is 1.97 bits per heavy atom. The third-order valence-electron chi connectivity index (χ3n) is 5.80. The SMILES string of the molecule is CC(C)(C)OC(=O)[C@@H]1[C@H](c2ccccc2)[C@H](C(=O)OC(C)(C)C)[C@](C)(O)C[C@]12NNC(=S)N2. The molecule has 0 amide bonds. The Kier molecular flexibility index (Phi) is 6.56. The van der Waals surface area contributed by atoms with E-state index < -0.39 is 52.2 Å². The second-order valence-electron chi connectivity index (χ2n) is 11.2. The molecule has 8 nitrogen and oxygen atoms in total. The molecule has 5 atom stereocenters. The van der Waals surface area contributed by atoms with Crippen LogP contribution in [0, 0.1) is 11.8 Å². The molecule has 9 heteroatoms. The van der Waals surface area contributed by atoms with Gasteiger partial charge < -0.3 is 19.9 Å². The van der Waals surface area contributed by atoms with Crippen LogP contribution in [0.5, 0.6) is 0 Å². The Bertz CT molecular complexity index is 922. The van der Waals surface area contributed by atoms with Crippen molar-refractivity contribution in [1.82, 2.24) is 16.2 Å². The van der Waals surface area contributed by atoms with E-state index in [-0.39, 0.29) is 6.42 Å². The van der Waals surface area contributed by atoms with Gasteiger partial charge in [-0.1, -0.05) is 30.3 Å².